The number of carbonyl (C=O) groups is 1. The number of pyridine rings is 1. The number of fused-ring (bicyclic) bond motifs is 1. The number of aromatic nitrogens is 1. The molecule has 0 atom stereocenters. The summed E-state index contributed by atoms with van der Waals surface area (Å²) in [5.74, 6) is -0.934. The second-order valence-corrected chi connectivity index (χ2v) is 7.30. The lowest BCUT2D eigenvalue weighted by molar-refractivity contribution is -0.137. The van der Waals surface area contributed by atoms with Crippen LogP contribution in [-0.4, -0.2) is 24.7 Å². The molecule has 0 unspecified atom stereocenters. The summed E-state index contributed by atoms with van der Waals surface area (Å²) in [6, 6.07) is 11.5. The van der Waals surface area contributed by atoms with Crippen molar-refractivity contribution >= 4 is 23.0 Å². The molecule has 1 aromatic heterocycles. The van der Waals surface area contributed by atoms with Crippen molar-refractivity contribution in [2.45, 2.75) is 13.1 Å². The molecule has 0 saturated heterocycles. The zero-order valence-electron chi connectivity index (χ0n) is 17.4. The van der Waals surface area contributed by atoms with Crippen molar-refractivity contribution in [2.24, 2.45) is 0 Å². The van der Waals surface area contributed by atoms with Crippen molar-refractivity contribution in [3.8, 4) is 11.9 Å². The van der Waals surface area contributed by atoms with Crippen LogP contribution < -0.4 is 14.5 Å². The maximum absolute atomic E-state index is 13.7. The Balaban J connectivity index is 1.92. The molecule has 1 aliphatic rings. The molecule has 4 rings (SSSR count). The van der Waals surface area contributed by atoms with Crippen LogP contribution in [0.3, 0.4) is 0 Å². The molecule has 10 heteroatoms. The van der Waals surface area contributed by atoms with E-state index < -0.39 is 23.5 Å². The Morgan fingerprint density at radius 3 is 2.39 bits per heavy atom. The quantitative estimate of drug-likeness (QED) is 0.508. The van der Waals surface area contributed by atoms with Crippen LogP contribution in [0.4, 0.5) is 34.6 Å². The molecule has 1 aliphatic heterocycles. The highest BCUT2D eigenvalue weighted by Gasteiger charge is 2.37. The van der Waals surface area contributed by atoms with E-state index in [1.54, 1.807) is 6.92 Å². The minimum Gasteiger partial charge on any atom is -0.481 e. The molecule has 0 N–H and O–H groups in total. The van der Waals surface area contributed by atoms with Gasteiger partial charge >= 0.3 is 6.18 Å². The van der Waals surface area contributed by atoms with Crippen molar-refractivity contribution in [1.82, 2.24) is 4.98 Å². The summed E-state index contributed by atoms with van der Waals surface area (Å²) in [5, 5.41) is 9.55. The summed E-state index contributed by atoms with van der Waals surface area (Å²) in [5.41, 5.74) is 0.0532. The van der Waals surface area contributed by atoms with Gasteiger partial charge < -0.3 is 9.64 Å². The monoisotopic (exact) mass is 456 g/mol. The van der Waals surface area contributed by atoms with E-state index in [4.69, 9.17) is 4.74 Å². The Kier molecular flexibility index (Phi) is 5.41. The van der Waals surface area contributed by atoms with Gasteiger partial charge in [0.05, 0.1) is 29.6 Å². The number of alkyl halides is 3. The normalized spacial score (nSPS) is 13.5. The first-order chi connectivity index (χ1) is 15.6. The summed E-state index contributed by atoms with van der Waals surface area (Å²) in [4.78, 5) is 20.1. The van der Waals surface area contributed by atoms with E-state index >= 15 is 0 Å². The molecule has 0 radical (unpaired) electrons. The van der Waals surface area contributed by atoms with E-state index in [-0.39, 0.29) is 35.2 Å². The van der Waals surface area contributed by atoms with Gasteiger partial charge in [-0.1, -0.05) is 0 Å². The zero-order valence-corrected chi connectivity index (χ0v) is 17.4. The minimum absolute atomic E-state index is 0.00215. The fourth-order valence-corrected chi connectivity index (χ4v) is 3.70. The number of aryl methyl sites for hydroxylation is 1. The van der Waals surface area contributed by atoms with Crippen molar-refractivity contribution in [3.63, 3.8) is 0 Å². The van der Waals surface area contributed by atoms with Crippen LogP contribution in [0, 0.1) is 24.1 Å². The number of methoxy groups -OCH3 is 1. The number of amides is 1. The first kappa shape index (κ1) is 22.1. The van der Waals surface area contributed by atoms with Crippen molar-refractivity contribution in [3.05, 3.63) is 76.7 Å². The number of benzene rings is 2. The molecular weight excluding hydrogens is 440 g/mol. The Morgan fingerprint density at radius 2 is 1.76 bits per heavy atom. The molecule has 0 bridgehead atoms. The third-order valence-electron chi connectivity index (χ3n) is 5.28. The molecule has 2 heterocycles. The number of nitriles is 1. The first-order valence-electron chi connectivity index (χ1n) is 9.66. The molecule has 33 heavy (non-hydrogen) atoms. The second kappa shape index (κ2) is 8.09. The third kappa shape index (κ3) is 3.93. The number of hydrogen-bond donors (Lipinski definition) is 0. The van der Waals surface area contributed by atoms with Crippen LogP contribution in [0.2, 0.25) is 0 Å². The lowest BCUT2D eigenvalue weighted by Gasteiger charge is -2.39. The van der Waals surface area contributed by atoms with Crippen LogP contribution in [0.25, 0.3) is 0 Å². The number of halogens is 4. The summed E-state index contributed by atoms with van der Waals surface area (Å²) in [6.45, 7) is 1.39. The number of carbonyl (C=O) groups excluding carboxylic acids is 1. The van der Waals surface area contributed by atoms with Gasteiger partial charge in [-0.25, -0.2) is 9.37 Å². The summed E-state index contributed by atoms with van der Waals surface area (Å²) >= 11 is 0. The number of ether oxygens (including phenoxy) is 1. The molecule has 0 fully saturated rings. The number of hydrogen-bond acceptors (Lipinski definition) is 5. The van der Waals surface area contributed by atoms with Gasteiger partial charge in [-0.2, -0.15) is 18.4 Å². The smallest absolute Gasteiger partial charge is 0.416 e. The molecule has 168 valence electrons. The summed E-state index contributed by atoms with van der Waals surface area (Å²) in [6.07, 6.45) is -4.62. The standard InChI is InChI=1S/C23H16F4N4O2/c1-13-9-15(24)4-6-18(13)30-12-31(19-7-8-21(33-2)29-17(19)11-28)22(32)16-5-3-14(10-20(16)30)23(25,26)27/h3-10H,12H2,1-2H3. The van der Waals surface area contributed by atoms with Gasteiger partial charge in [0, 0.05) is 11.8 Å². The average molecular weight is 456 g/mol. The maximum Gasteiger partial charge on any atom is 0.416 e. The molecule has 3 aromatic rings. The third-order valence-corrected chi connectivity index (χ3v) is 5.28. The zero-order chi connectivity index (χ0) is 23.9. The highest BCUT2D eigenvalue weighted by Crippen LogP contribution is 2.41. The molecule has 0 spiro atoms. The molecule has 6 nitrogen and oxygen atoms in total. The minimum atomic E-state index is -4.62. The average Bonchev–Trinajstić information content (AvgIpc) is 2.78. The lowest BCUT2D eigenvalue weighted by Crippen LogP contribution is -2.45. The van der Waals surface area contributed by atoms with Crippen molar-refractivity contribution < 1.29 is 27.1 Å². The Bertz CT molecular complexity index is 1300. The van der Waals surface area contributed by atoms with Crippen LogP contribution in [0.1, 0.15) is 27.2 Å². The fraction of sp³-hybridized carbons (Fsp3) is 0.174. The van der Waals surface area contributed by atoms with E-state index in [0.717, 1.165) is 18.2 Å². The summed E-state index contributed by atoms with van der Waals surface area (Å²) < 4.78 is 59.0. The van der Waals surface area contributed by atoms with E-state index in [2.05, 4.69) is 4.98 Å². The summed E-state index contributed by atoms with van der Waals surface area (Å²) in [7, 11) is 1.38. The van der Waals surface area contributed by atoms with Gasteiger partial charge in [0.1, 0.15) is 18.6 Å². The topological polar surface area (TPSA) is 69.5 Å². The van der Waals surface area contributed by atoms with Gasteiger partial charge in [0.15, 0.2) is 5.69 Å². The second-order valence-electron chi connectivity index (χ2n) is 7.30. The Labute approximate surface area is 186 Å². The maximum atomic E-state index is 13.7. The molecule has 1 amide bonds. The highest BCUT2D eigenvalue weighted by atomic mass is 19.4. The van der Waals surface area contributed by atoms with Crippen LogP contribution in [0.15, 0.2) is 48.5 Å². The molecule has 2 aromatic carbocycles. The molecule has 0 aliphatic carbocycles. The van der Waals surface area contributed by atoms with Crippen LogP contribution >= 0.6 is 0 Å². The molecular formula is C23H16F4N4O2. The highest BCUT2D eigenvalue weighted by molar-refractivity contribution is 6.13. The van der Waals surface area contributed by atoms with E-state index in [1.807, 2.05) is 6.07 Å². The predicted octanol–water partition coefficient (Wildman–Crippen LogP) is 5.18. The fourth-order valence-electron chi connectivity index (χ4n) is 3.70. The van der Waals surface area contributed by atoms with Gasteiger partial charge in [-0.05, 0) is 55.0 Å². The van der Waals surface area contributed by atoms with E-state index in [0.29, 0.717) is 11.3 Å². The van der Waals surface area contributed by atoms with Gasteiger partial charge in [-0.15, -0.1) is 0 Å². The van der Waals surface area contributed by atoms with Gasteiger partial charge in [0.25, 0.3) is 5.91 Å². The van der Waals surface area contributed by atoms with E-state index in [1.165, 1.54) is 47.2 Å². The van der Waals surface area contributed by atoms with Crippen molar-refractivity contribution in [2.75, 3.05) is 23.6 Å². The van der Waals surface area contributed by atoms with Crippen molar-refractivity contribution in [1.29, 1.82) is 5.26 Å². The number of nitrogens with zero attached hydrogens (tertiary/aromatic N) is 4. The van der Waals surface area contributed by atoms with Gasteiger partial charge in [0.2, 0.25) is 5.88 Å². The SMILES string of the molecule is COc1ccc(N2CN(c3ccc(F)cc3C)c3cc(C(F)(F)F)ccc3C2=O)c(C#N)n1. The lowest BCUT2D eigenvalue weighted by atomic mass is 10.0. The Hall–Kier alpha value is -4.13. The molecule has 0 saturated carbocycles. The first-order valence-corrected chi connectivity index (χ1v) is 9.66. The predicted molar refractivity (Wildman–Crippen MR) is 112 cm³/mol. The van der Waals surface area contributed by atoms with Crippen LogP contribution in [-0.2, 0) is 6.18 Å². The van der Waals surface area contributed by atoms with Gasteiger partial charge in [-0.3, -0.25) is 9.69 Å². The Morgan fingerprint density at radius 1 is 1.03 bits per heavy atom. The van der Waals surface area contributed by atoms with E-state index in [9.17, 15) is 27.6 Å². The largest absolute Gasteiger partial charge is 0.481 e. The number of rotatable bonds is 3. The van der Waals surface area contributed by atoms with Crippen LogP contribution in [0.5, 0.6) is 5.88 Å². The number of anilines is 3.